The maximum atomic E-state index is 13.5. The number of nitrogens with zero attached hydrogens (tertiary/aromatic N) is 6. The zero-order chi connectivity index (χ0) is 38.5. The van der Waals surface area contributed by atoms with Gasteiger partial charge in [0.15, 0.2) is 18.2 Å². The quantitative estimate of drug-likeness (QED) is 0.129. The largest absolute Gasteiger partial charge is 0.478 e. The Balaban J connectivity index is 1.12. The van der Waals surface area contributed by atoms with Crippen LogP contribution in [0.25, 0.3) is 21.8 Å². The molecule has 1 unspecified atom stereocenters. The van der Waals surface area contributed by atoms with Crippen molar-refractivity contribution in [1.29, 1.82) is 0 Å². The molecule has 0 aliphatic carbocycles. The summed E-state index contributed by atoms with van der Waals surface area (Å²) in [6.45, 7) is 0.787. The summed E-state index contributed by atoms with van der Waals surface area (Å²) in [6.07, 6.45) is 3.98. The first-order valence-corrected chi connectivity index (χ1v) is 17.8. The van der Waals surface area contributed by atoms with E-state index in [4.69, 9.17) is 21.3 Å². The van der Waals surface area contributed by atoms with E-state index in [0.717, 1.165) is 11.7 Å². The number of aryl methyl sites for hydroxylation is 2. The summed E-state index contributed by atoms with van der Waals surface area (Å²) in [4.78, 5) is 73.0. The van der Waals surface area contributed by atoms with Crippen molar-refractivity contribution in [3.05, 3.63) is 69.7 Å². The third-order valence-corrected chi connectivity index (χ3v) is 9.88. The fraction of sp³-hybridized carbons (Fsp3) is 0.351. The van der Waals surface area contributed by atoms with Crippen molar-refractivity contribution in [2.45, 2.75) is 31.6 Å². The molecule has 282 valence electrons. The van der Waals surface area contributed by atoms with Crippen molar-refractivity contribution in [2.75, 3.05) is 49.3 Å². The van der Waals surface area contributed by atoms with Crippen molar-refractivity contribution >= 4 is 80.6 Å². The van der Waals surface area contributed by atoms with Crippen LogP contribution in [-0.4, -0.2) is 82.1 Å². The molecule has 0 radical (unpaired) electrons. The number of pyridine rings is 1. The summed E-state index contributed by atoms with van der Waals surface area (Å²) in [5, 5.41) is 17.7. The van der Waals surface area contributed by atoms with Crippen LogP contribution in [0.3, 0.4) is 0 Å². The van der Waals surface area contributed by atoms with Crippen LogP contribution >= 0.6 is 11.6 Å². The van der Waals surface area contributed by atoms with Crippen molar-refractivity contribution in [3.63, 3.8) is 0 Å². The Kier molecular flexibility index (Phi) is 11.4. The Morgan fingerprint density at radius 2 is 1.81 bits per heavy atom. The molecular weight excluding hydrogens is 716 g/mol. The minimum absolute atomic E-state index is 0.0482. The number of para-hydroxylation sites is 1. The number of amides is 3. The minimum atomic E-state index is -0.563. The molecule has 5 aromatic rings. The van der Waals surface area contributed by atoms with E-state index in [1.54, 1.807) is 44.0 Å². The number of benzene rings is 2. The zero-order valence-electron chi connectivity index (χ0n) is 30.3. The minimum Gasteiger partial charge on any atom is -0.478 e. The van der Waals surface area contributed by atoms with E-state index in [1.165, 1.54) is 17.8 Å². The third-order valence-electron chi connectivity index (χ3n) is 9.60. The number of fused-ring (bicyclic) bond motifs is 2. The van der Waals surface area contributed by atoms with Gasteiger partial charge in [-0.25, -0.2) is 4.98 Å². The number of hydrogen-bond donors (Lipinski definition) is 4. The summed E-state index contributed by atoms with van der Waals surface area (Å²) < 4.78 is 8.59. The van der Waals surface area contributed by atoms with E-state index in [9.17, 15) is 24.0 Å². The summed E-state index contributed by atoms with van der Waals surface area (Å²) in [5.74, 6) is -0.558. The zero-order valence-corrected chi connectivity index (χ0v) is 31.1. The number of carbonyl (C=O) groups is 4. The highest BCUT2D eigenvalue weighted by molar-refractivity contribution is 6.33. The van der Waals surface area contributed by atoms with Crippen LogP contribution < -0.4 is 36.5 Å². The number of anilines is 4. The molecule has 1 aliphatic rings. The van der Waals surface area contributed by atoms with Gasteiger partial charge in [-0.1, -0.05) is 23.7 Å². The highest BCUT2D eigenvalue weighted by Gasteiger charge is 2.28. The SMILES string of the molecule is CNC(=O)CCC(C=O)c1nn(C)c2c(NC(=O)C3CCN(c4ncc(Cl)c(Nc5ccc6c(c5)cc(OCC(=O)NC)c(=O)n6C)n4)CC3)cccc12. The topological polar surface area (TPSA) is 194 Å². The van der Waals surface area contributed by atoms with Gasteiger partial charge in [-0.2, -0.15) is 10.1 Å². The predicted octanol–water partition coefficient (Wildman–Crippen LogP) is 3.40. The number of hydrogen-bond acceptors (Lipinski definition) is 11. The van der Waals surface area contributed by atoms with Crippen LogP contribution in [0.2, 0.25) is 5.02 Å². The Hall–Kier alpha value is -6.03. The highest BCUT2D eigenvalue weighted by Crippen LogP contribution is 2.33. The second kappa shape index (κ2) is 16.3. The Bertz CT molecular complexity index is 2300. The monoisotopic (exact) mass is 756 g/mol. The summed E-state index contributed by atoms with van der Waals surface area (Å²) in [6, 6.07) is 12.5. The van der Waals surface area contributed by atoms with Gasteiger partial charge in [0.2, 0.25) is 17.8 Å². The van der Waals surface area contributed by atoms with Gasteiger partial charge in [-0.3, -0.25) is 23.9 Å². The second-order valence-electron chi connectivity index (χ2n) is 13.0. The van der Waals surface area contributed by atoms with E-state index in [1.807, 2.05) is 29.2 Å². The van der Waals surface area contributed by atoms with Crippen LogP contribution in [0, 0.1) is 5.92 Å². The van der Waals surface area contributed by atoms with Crippen LogP contribution in [0.15, 0.2) is 53.5 Å². The van der Waals surface area contributed by atoms with E-state index >= 15 is 0 Å². The number of aldehydes is 1. The molecule has 54 heavy (non-hydrogen) atoms. The molecule has 0 spiro atoms. The summed E-state index contributed by atoms with van der Waals surface area (Å²) in [5.41, 5.74) is 2.82. The van der Waals surface area contributed by atoms with Gasteiger partial charge in [0, 0.05) is 70.1 Å². The first-order valence-electron chi connectivity index (χ1n) is 17.4. The van der Waals surface area contributed by atoms with Gasteiger partial charge in [0.25, 0.3) is 11.5 Å². The van der Waals surface area contributed by atoms with E-state index in [0.29, 0.717) is 82.6 Å². The molecule has 0 saturated carbocycles. The van der Waals surface area contributed by atoms with Gasteiger partial charge < -0.3 is 40.3 Å². The Morgan fingerprint density at radius 1 is 1.06 bits per heavy atom. The fourth-order valence-corrected chi connectivity index (χ4v) is 6.72. The fourth-order valence-electron chi connectivity index (χ4n) is 6.58. The maximum absolute atomic E-state index is 13.5. The Morgan fingerprint density at radius 3 is 2.54 bits per heavy atom. The summed E-state index contributed by atoms with van der Waals surface area (Å²) in [7, 11) is 6.44. The van der Waals surface area contributed by atoms with E-state index in [2.05, 4.69) is 31.3 Å². The molecule has 17 heteroatoms. The molecule has 6 rings (SSSR count). The lowest BCUT2D eigenvalue weighted by atomic mass is 9.95. The number of nitrogens with one attached hydrogen (secondary N) is 4. The number of halogens is 1. The number of likely N-dealkylation sites (N-methyl/N-ethyl adjacent to an activating group) is 1. The van der Waals surface area contributed by atoms with Gasteiger partial charge >= 0.3 is 0 Å². The highest BCUT2D eigenvalue weighted by atomic mass is 35.5. The standard InChI is InChI=1S/C37H41ClN10O6/c1-39-30(50)11-8-22(19-49)32-25-6-5-7-27(33(25)47(4)45-32)43-35(52)21-12-14-48(15-13-21)37-41-18-26(38)34(44-37)42-24-9-10-28-23(16-24)17-29(36(53)46(28)3)54-20-31(51)40-2/h5-7,9-10,16-19,21-22H,8,11-15,20H2,1-4H3,(H,39,50)(H,40,51)(H,43,52)(H,41,42,44). The molecule has 3 amide bonds. The molecule has 4 N–H and O–H groups in total. The average Bonchev–Trinajstić information content (AvgIpc) is 3.52. The number of rotatable bonds is 13. The maximum Gasteiger partial charge on any atom is 0.293 e. The Labute approximate surface area is 315 Å². The van der Waals surface area contributed by atoms with Gasteiger partial charge in [0.05, 0.1) is 34.5 Å². The van der Waals surface area contributed by atoms with E-state index in [-0.39, 0.29) is 48.0 Å². The average molecular weight is 757 g/mol. The molecule has 1 saturated heterocycles. The van der Waals surface area contributed by atoms with Crippen LogP contribution in [0.4, 0.5) is 23.1 Å². The predicted molar refractivity (Wildman–Crippen MR) is 205 cm³/mol. The van der Waals surface area contributed by atoms with Gasteiger partial charge in [-0.05, 0) is 49.6 Å². The molecule has 4 heterocycles. The normalized spacial score (nSPS) is 13.8. The van der Waals surface area contributed by atoms with Gasteiger partial charge in [0.1, 0.15) is 11.3 Å². The molecule has 0 bridgehead atoms. The first kappa shape index (κ1) is 37.7. The second-order valence-corrected chi connectivity index (χ2v) is 13.4. The number of aromatic nitrogens is 5. The molecule has 16 nitrogen and oxygen atoms in total. The number of ether oxygens (including phenoxy) is 1. The van der Waals surface area contributed by atoms with E-state index < -0.39 is 5.92 Å². The summed E-state index contributed by atoms with van der Waals surface area (Å²) >= 11 is 6.51. The first-order chi connectivity index (χ1) is 26.0. The van der Waals surface area contributed by atoms with Crippen LogP contribution in [0.1, 0.15) is 37.3 Å². The molecule has 1 aliphatic heterocycles. The molecule has 2 aromatic carbocycles. The lowest BCUT2D eigenvalue weighted by Gasteiger charge is -2.31. The van der Waals surface area contributed by atoms with Crippen molar-refractivity contribution in [3.8, 4) is 5.75 Å². The smallest absolute Gasteiger partial charge is 0.293 e. The van der Waals surface area contributed by atoms with Crippen molar-refractivity contribution in [2.24, 2.45) is 20.0 Å². The molecule has 3 aromatic heterocycles. The van der Waals surface area contributed by atoms with Crippen molar-refractivity contribution < 1.29 is 23.9 Å². The van der Waals surface area contributed by atoms with Crippen LogP contribution in [-0.2, 0) is 33.3 Å². The molecule has 1 atom stereocenters. The van der Waals surface area contributed by atoms with Gasteiger partial charge in [-0.15, -0.1) is 0 Å². The number of piperidine rings is 1. The number of carbonyl (C=O) groups excluding carboxylic acids is 4. The lowest BCUT2D eigenvalue weighted by molar-refractivity contribution is -0.123. The molecular formula is C37H41ClN10O6. The molecule has 1 fully saturated rings. The third kappa shape index (κ3) is 7.97. The van der Waals surface area contributed by atoms with Crippen molar-refractivity contribution in [1.82, 2.24) is 34.9 Å². The lowest BCUT2D eigenvalue weighted by Crippen LogP contribution is -2.39. The van der Waals surface area contributed by atoms with Crippen LogP contribution in [0.5, 0.6) is 5.75 Å².